The second-order valence-corrected chi connectivity index (χ2v) is 7.11. The predicted octanol–water partition coefficient (Wildman–Crippen LogP) is 2.79. The molecule has 0 saturated heterocycles. The van der Waals surface area contributed by atoms with E-state index in [2.05, 4.69) is 5.10 Å². The summed E-state index contributed by atoms with van der Waals surface area (Å²) in [5.74, 6) is 1.17. The predicted molar refractivity (Wildman–Crippen MR) is 107 cm³/mol. The summed E-state index contributed by atoms with van der Waals surface area (Å²) in [7, 11) is 0. The topological polar surface area (TPSA) is 73.7 Å². The molecule has 2 aliphatic heterocycles. The van der Waals surface area contributed by atoms with Gasteiger partial charge in [0.15, 0.2) is 11.5 Å². The Balaban J connectivity index is 1.47. The van der Waals surface area contributed by atoms with Gasteiger partial charge in [-0.3, -0.25) is 9.59 Å². The number of aromatic nitrogens is 2. The first-order valence-corrected chi connectivity index (χ1v) is 9.51. The summed E-state index contributed by atoms with van der Waals surface area (Å²) in [6.07, 6.45) is 0.814. The van der Waals surface area contributed by atoms with Crippen LogP contribution in [0.4, 0.5) is 5.69 Å². The lowest BCUT2D eigenvalue weighted by Crippen LogP contribution is -2.39. The molecular formula is C22H19N3O4. The summed E-state index contributed by atoms with van der Waals surface area (Å²) in [5, 5.41) is 4.48. The van der Waals surface area contributed by atoms with Gasteiger partial charge in [0, 0.05) is 23.9 Å². The van der Waals surface area contributed by atoms with E-state index < -0.39 is 6.04 Å². The van der Waals surface area contributed by atoms with Gasteiger partial charge in [-0.25, -0.2) is 4.68 Å². The molecule has 0 spiro atoms. The molecule has 5 rings (SSSR count). The number of benzene rings is 2. The van der Waals surface area contributed by atoms with Gasteiger partial charge in [-0.15, -0.1) is 0 Å². The summed E-state index contributed by atoms with van der Waals surface area (Å²) in [6, 6.07) is 15.7. The first-order chi connectivity index (χ1) is 14.1. The van der Waals surface area contributed by atoms with Crippen LogP contribution in [-0.2, 0) is 11.2 Å². The van der Waals surface area contributed by atoms with Gasteiger partial charge in [-0.05, 0) is 49.2 Å². The smallest absolute Gasteiger partial charge is 0.267 e. The normalized spacial score (nSPS) is 15.3. The quantitative estimate of drug-likeness (QED) is 0.689. The van der Waals surface area contributed by atoms with E-state index in [0.29, 0.717) is 23.7 Å². The molecule has 2 aliphatic rings. The second-order valence-electron chi connectivity index (χ2n) is 7.11. The van der Waals surface area contributed by atoms with E-state index >= 15 is 0 Å². The Kier molecular flexibility index (Phi) is 4.08. The number of fused-ring (bicyclic) bond motifs is 2. The molecule has 2 aromatic carbocycles. The molecule has 0 aliphatic carbocycles. The van der Waals surface area contributed by atoms with E-state index in [4.69, 9.17) is 9.47 Å². The number of anilines is 1. The van der Waals surface area contributed by atoms with Crippen LogP contribution < -0.4 is 19.9 Å². The Morgan fingerprint density at radius 3 is 2.79 bits per heavy atom. The lowest BCUT2D eigenvalue weighted by molar-refractivity contribution is -0.121. The molecule has 0 bridgehead atoms. The fourth-order valence-electron chi connectivity index (χ4n) is 3.81. The Morgan fingerprint density at radius 1 is 1.07 bits per heavy atom. The number of ether oxygens (including phenoxy) is 2. The van der Waals surface area contributed by atoms with Crippen molar-refractivity contribution < 1.29 is 14.3 Å². The molecule has 146 valence electrons. The zero-order valence-corrected chi connectivity index (χ0v) is 15.9. The van der Waals surface area contributed by atoms with E-state index in [9.17, 15) is 9.59 Å². The zero-order valence-electron chi connectivity index (χ0n) is 15.9. The molecule has 1 atom stereocenters. The van der Waals surface area contributed by atoms with Crippen molar-refractivity contribution in [2.24, 2.45) is 0 Å². The van der Waals surface area contributed by atoms with Crippen LogP contribution in [0.25, 0.3) is 11.3 Å². The minimum atomic E-state index is -0.720. The molecule has 0 N–H and O–H groups in total. The van der Waals surface area contributed by atoms with Crippen molar-refractivity contribution >= 4 is 11.6 Å². The van der Waals surface area contributed by atoms with Crippen LogP contribution in [0.3, 0.4) is 0 Å². The third-order valence-electron chi connectivity index (χ3n) is 5.37. The number of para-hydroxylation sites is 1. The van der Waals surface area contributed by atoms with Crippen LogP contribution in [-0.4, -0.2) is 29.0 Å². The van der Waals surface area contributed by atoms with Crippen molar-refractivity contribution in [3.05, 3.63) is 70.5 Å². The van der Waals surface area contributed by atoms with Crippen LogP contribution in [0.5, 0.6) is 11.5 Å². The van der Waals surface area contributed by atoms with Crippen molar-refractivity contribution in [1.29, 1.82) is 0 Å². The Morgan fingerprint density at radius 2 is 1.90 bits per heavy atom. The minimum Gasteiger partial charge on any atom is -0.454 e. The number of carbonyl (C=O) groups excluding carboxylic acids is 1. The van der Waals surface area contributed by atoms with Crippen LogP contribution >= 0.6 is 0 Å². The number of amides is 1. The van der Waals surface area contributed by atoms with E-state index in [1.807, 2.05) is 42.5 Å². The molecule has 29 heavy (non-hydrogen) atoms. The summed E-state index contributed by atoms with van der Waals surface area (Å²) < 4.78 is 12.0. The van der Waals surface area contributed by atoms with Crippen LogP contribution in [0.1, 0.15) is 18.5 Å². The summed E-state index contributed by atoms with van der Waals surface area (Å²) in [4.78, 5) is 27.4. The third kappa shape index (κ3) is 2.95. The summed E-state index contributed by atoms with van der Waals surface area (Å²) >= 11 is 0. The SMILES string of the molecule is CC(C(=O)N1CCc2ccccc21)n1nc(-c2ccc3c(c2)OCO3)ccc1=O. The van der Waals surface area contributed by atoms with Gasteiger partial charge in [-0.1, -0.05) is 18.2 Å². The summed E-state index contributed by atoms with van der Waals surface area (Å²) in [6.45, 7) is 2.51. The van der Waals surface area contributed by atoms with Crippen LogP contribution in [0, 0.1) is 0 Å². The number of hydrogen-bond acceptors (Lipinski definition) is 5. The molecule has 3 aromatic rings. The van der Waals surface area contributed by atoms with Crippen molar-refractivity contribution in [2.75, 3.05) is 18.2 Å². The average Bonchev–Trinajstić information content (AvgIpc) is 3.39. The number of carbonyl (C=O) groups is 1. The standard InChI is InChI=1S/C22H19N3O4/c1-14(22(27)24-11-10-15-4-2-3-5-18(15)24)25-21(26)9-7-17(23-25)16-6-8-19-20(12-16)29-13-28-19/h2-9,12,14H,10-11,13H2,1H3. The highest BCUT2D eigenvalue weighted by Crippen LogP contribution is 2.35. The van der Waals surface area contributed by atoms with Gasteiger partial charge >= 0.3 is 0 Å². The van der Waals surface area contributed by atoms with Gasteiger partial charge in [0.25, 0.3) is 11.5 Å². The third-order valence-corrected chi connectivity index (χ3v) is 5.37. The van der Waals surface area contributed by atoms with Gasteiger partial charge in [0.05, 0.1) is 5.69 Å². The average molecular weight is 389 g/mol. The van der Waals surface area contributed by atoms with Crippen molar-refractivity contribution in [3.63, 3.8) is 0 Å². The molecular weight excluding hydrogens is 370 g/mol. The lowest BCUT2D eigenvalue weighted by Gasteiger charge is -2.22. The Labute approximate surface area is 167 Å². The molecule has 0 radical (unpaired) electrons. The van der Waals surface area contributed by atoms with Crippen LogP contribution in [0.15, 0.2) is 59.4 Å². The molecule has 0 fully saturated rings. The van der Waals surface area contributed by atoms with Gasteiger partial charge in [0.2, 0.25) is 6.79 Å². The molecule has 7 heteroatoms. The Bertz CT molecular complexity index is 1170. The van der Waals surface area contributed by atoms with Gasteiger partial charge in [-0.2, -0.15) is 5.10 Å². The van der Waals surface area contributed by atoms with Crippen molar-refractivity contribution in [3.8, 4) is 22.8 Å². The van der Waals surface area contributed by atoms with Crippen molar-refractivity contribution in [2.45, 2.75) is 19.4 Å². The maximum atomic E-state index is 13.2. The molecule has 1 aromatic heterocycles. The second kappa shape index (κ2) is 6.77. The summed E-state index contributed by atoms with van der Waals surface area (Å²) in [5.41, 5.74) is 3.10. The highest BCUT2D eigenvalue weighted by molar-refractivity contribution is 5.97. The molecule has 1 unspecified atom stereocenters. The first-order valence-electron chi connectivity index (χ1n) is 9.51. The van der Waals surface area contributed by atoms with E-state index in [-0.39, 0.29) is 18.3 Å². The van der Waals surface area contributed by atoms with Gasteiger partial charge < -0.3 is 14.4 Å². The first kappa shape index (κ1) is 17.5. The fraction of sp³-hybridized carbons (Fsp3) is 0.227. The van der Waals surface area contributed by atoms with Gasteiger partial charge in [0.1, 0.15) is 6.04 Å². The molecule has 0 saturated carbocycles. The number of hydrogen-bond donors (Lipinski definition) is 0. The van der Waals surface area contributed by atoms with Crippen molar-refractivity contribution in [1.82, 2.24) is 9.78 Å². The highest BCUT2D eigenvalue weighted by atomic mass is 16.7. The van der Waals surface area contributed by atoms with E-state index in [1.54, 1.807) is 17.9 Å². The molecule has 1 amide bonds. The largest absolute Gasteiger partial charge is 0.454 e. The van der Waals surface area contributed by atoms with E-state index in [1.165, 1.54) is 10.7 Å². The maximum Gasteiger partial charge on any atom is 0.267 e. The fourth-order valence-corrected chi connectivity index (χ4v) is 3.81. The number of nitrogens with zero attached hydrogens (tertiary/aromatic N) is 3. The Hall–Kier alpha value is -3.61. The minimum absolute atomic E-state index is 0.146. The van der Waals surface area contributed by atoms with Crippen LogP contribution in [0.2, 0.25) is 0 Å². The monoisotopic (exact) mass is 389 g/mol. The maximum absolute atomic E-state index is 13.2. The lowest BCUT2D eigenvalue weighted by atomic mass is 10.1. The molecule has 7 nitrogen and oxygen atoms in total. The molecule has 3 heterocycles. The zero-order chi connectivity index (χ0) is 20.0. The van der Waals surface area contributed by atoms with E-state index in [0.717, 1.165) is 23.2 Å². The number of rotatable bonds is 3. The highest BCUT2D eigenvalue weighted by Gasteiger charge is 2.29.